The Hall–Kier alpha value is -0.240. The van der Waals surface area contributed by atoms with E-state index in [0.29, 0.717) is 26.4 Å². The summed E-state index contributed by atoms with van der Waals surface area (Å²) in [5.41, 5.74) is 0.213. The Morgan fingerprint density at radius 1 is 0.952 bits per heavy atom. The Labute approximate surface area is 128 Å². The minimum Gasteiger partial charge on any atom is -0.383 e. The highest BCUT2D eigenvalue weighted by molar-refractivity contribution is 4.85. The molecular formula is C15H31NO5. The van der Waals surface area contributed by atoms with Crippen LogP contribution in [0.15, 0.2) is 0 Å². The summed E-state index contributed by atoms with van der Waals surface area (Å²) in [6.07, 6.45) is 2.12. The zero-order chi connectivity index (χ0) is 15.2. The molecule has 0 saturated carbocycles. The third-order valence-corrected chi connectivity index (χ3v) is 3.75. The molecule has 6 nitrogen and oxygen atoms in total. The molecule has 1 rings (SSSR count). The summed E-state index contributed by atoms with van der Waals surface area (Å²) in [6.45, 7) is 7.53. The number of hydrogen-bond acceptors (Lipinski definition) is 6. The predicted molar refractivity (Wildman–Crippen MR) is 80.7 cm³/mol. The second-order valence-electron chi connectivity index (χ2n) is 5.44. The summed E-state index contributed by atoms with van der Waals surface area (Å²) in [5.74, 6) is 0. The SMILES string of the molecule is COCCNCC1(CCOCCOCCOC)CCOC1. The van der Waals surface area contributed by atoms with Gasteiger partial charge in [0.1, 0.15) is 0 Å². The summed E-state index contributed by atoms with van der Waals surface area (Å²) in [4.78, 5) is 0. The van der Waals surface area contributed by atoms with Gasteiger partial charge in [-0.1, -0.05) is 0 Å². The largest absolute Gasteiger partial charge is 0.383 e. The molecule has 1 atom stereocenters. The van der Waals surface area contributed by atoms with Crippen LogP contribution in [0, 0.1) is 5.41 Å². The quantitative estimate of drug-likeness (QED) is 0.477. The molecule has 1 aliphatic rings. The zero-order valence-corrected chi connectivity index (χ0v) is 13.5. The van der Waals surface area contributed by atoms with Gasteiger partial charge < -0.3 is 29.0 Å². The Bertz CT molecular complexity index is 234. The van der Waals surface area contributed by atoms with E-state index in [2.05, 4.69) is 5.32 Å². The second kappa shape index (κ2) is 12.3. The summed E-state index contributed by atoms with van der Waals surface area (Å²) in [7, 11) is 3.39. The molecule has 1 unspecified atom stereocenters. The van der Waals surface area contributed by atoms with Crippen molar-refractivity contribution in [1.82, 2.24) is 5.32 Å². The minimum atomic E-state index is 0.213. The van der Waals surface area contributed by atoms with Gasteiger partial charge in [0.25, 0.3) is 0 Å². The monoisotopic (exact) mass is 305 g/mol. The zero-order valence-electron chi connectivity index (χ0n) is 13.5. The lowest BCUT2D eigenvalue weighted by molar-refractivity contribution is 0.0150. The molecule has 126 valence electrons. The fraction of sp³-hybridized carbons (Fsp3) is 1.00. The van der Waals surface area contributed by atoms with E-state index in [0.717, 1.165) is 52.4 Å². The van der Waals surface area contributed by atoms with Gasteiger partial charge in [-0.05, 0) is 12.8 Å². The van der Waals surface area contributed by atoms with E-state index >= 15 is 0 Å². The molecule has 0 aromatic rings. The van der Waals surface area contributed by atoms with Crippen molar-refractivity contribution in [2.75, 3.05) is 80.2 Å². The average Bonchev–Trinajstić information content (AvgIpc) is 2.96. The van der Waals surface area contributed by atoms with Crippen molar-refractivity contribution in [2.24, 2.45) is 5.41 Å². The molecule has 0 aromatic heterocycles. The van der Waals surface area contributed by atoms with Crippen LogP contribution in [0.5, 0.6) is 0 Å². The number of rotatable bonds is 14. The summed E-state index contributed by atoms with van der Waals surface area (Å²) in [6, 6.07) is 0. The van der Waals surface area contributed by atoms with E-state index in [9.17, 15) is 0 Å². The lowest BCUT2D eigenvalue weighted by Gasteiger charge is -2.27. The molecule has 0 bridgehead atoms. The van der Waals surface area contributed by atoms with Gasteiger partial charge in [-0.25, -0.2) is 0 Å². The second-order valence-corrected chi connectivity index (χ2v) is 5.44. The van der Waals surface area contributed by atoms with E-state index < -0.39 is 0 Å². The number of methoxy groups -OCH3 is 2. The molecule has 1 saturated heterocycles. The van der Waals surface area contributed by atoms with Crippen LogP contribution >= 0.6 is 0 Å². The summed E-state index contributed by atoms with van der Waals surface area (Å²) < 4.78 is 26.6. The molecule has 0 spiro atoms. The van der Waals surface area contributed by atoms with Crippen LogP contribution in [0.3, 0.4) is 0 Å². The van der Waals surface area contributed by atoms with Crippen molar-refractivity contribution in [3.05, 3.63) is 0 Å². The Morgan fingerprint density at radius 3 is 2.33 bits per heavy atom. The standard InChI is InChI=1S/C15H31NO5/c1-17-8-5-16-13-15(4-7-21-14-15)3-6-19-11-12-20-10-9-18-2/h16H,3-14H2,1-2H3. The molecule has 21 heavy (non-hydrogen) atoms. The molecule has 1 aliphatic heterocycles. The third-order valence-electron chi connectivity index (χ3n) is 3.75. The molecule has 6 heteroatoms. The Kier molecular flexibility index (Phi) is 11.0. The van der Waals surface area contributed by atoms with Crippen molar-refractivity contribution in [3.8, 4) is 0 Å². The predicted octanol–water partition coefficient (Wildman–Crippen LogP) is 0.699. The first-order chi connectivity index (χ1) is 10.3. The van der Waals surface area contributed by atoms with Crippen molar-refractivity contribution < 1.29 is 23.7 Å². The fourth-order valence-corrected chi connectivity index (χ4v) is 2.36. The molecule has 1 N–H and O–H groups in total. The van der Waals surface area contributed by atoms with Crippen molar-refractivity contribution in [2.45, 2.75) is 12.8 Å². The van der Waals surface area contributed by atoms with E-state index in [1.54, 1.807) is 14.2 Å². The highest BCUT2D eigenvalue weighted by atomic mass is 16.5. The third kappa shape index (κ3) is 8.70. The van der Waals surface area contributed by atoms with Crippen LogP contribution in [0.1, 0.15) is 12.8 Å². The van der Waals surface area contributed by atoms with E-state index in [1.807, 2.05) is 0 Å². The van der Waals surface area contributed by atoms with E-state index in [4.69, 9.17) is 23.7 Å². The highest BCUT2D eigenvalue weighted by Crippen LogP contribution is 2.31. The van der Waals surface area contributed by atoms with Crippen LogP contribution in [-0.2, 0) is 23.7 Å². The Morgan fingerprint density at radius 2 is 1.67 bits per heavy atom. The van der Waals surface area contributed by atoms with Gasteiger partial charge in [0.15, 0.2) is 0 Å². The van der Waals surface area contributed by atoms with E-state index in [1.165, 1.54) is 0 Å². The molecule has 0 aliphatic carbocycles. The summed E-state index contributed by atoms with van der Waals surface area (Å²) >= 11 is 0. The van der Waals surface area contributed by atoms with Crippen LogP contribution in [0.25, 0.3) is 0 Å². The first-order valence-electron chi connectivity index (χ1n) is 7.75. The molecule has 0 amide bonds. The molecule has 0 radical (unpaired) electrons. The van der Waals surface area contributed by atoms with Gasteiger partial charge in [-0.2, -0.15) is 0 Å². The maximum absolute atomic E-state index is 5.65. The molecule has 0 aromatic carbocycles. The maximum atomic E-state index is 5.65. The van der Waals surface area contributed by atoms with Crippen molar-refractivity contribution in [1.29, 1.82) is 0 Å². The minimum absolute atomic E-state index is 0.213. The van der Waals surface area contributed by atoms with Gasteiger partial charge >= 0.3 is 0 Å². The maximum Gasteiger partial charge on any atom is 0.0701 e. The van der Waals surface area contributed by atoms with Crippen LogP contribution in [0.4, 0.5) is 0 Å². The number of hydrogen-bond donors (Lipinski definition) is 1. The van der Waals surface area contributed by atoms with Gasteiger partial charge in [-0.15, -0.1) is 0 Å². The topological polar surface area (TPSA) is 58.2 Å². The highest BCUT2D eigenvalue weighted by Gasteiger charge is 2.34. The first kappa shape index (κ1) is 18.8. The lowest BCUT2D eigenvalue weighted by atomic mass is 9.84. The molecule has 1 fully saturated rings. The van der Waals surface area contributed by atoms with Crippen molar-refractivity contribution >= 4 is 0 Å². The van der Waals surface area contributed by atoms with Crippen LogP contribution < -0.4 is 5.32 Å². The molecule has 1 heterocycles. The van der Waals surface area contributed by atoms with Crippen LogP contribution in [-0.4, -0.2) is 80.2 Å². The van der Waals surface area contributed by atoms with Gasteiger partial charge in [0, 0.05) is 45.9 Å². The van der Waals surface area contributed by atoms with Gasteiger partial charge in [-0.3, -0.25) is 0 Å². The molecular weight excluding hydrogens is 274 g/mol. The average molecular weight is 305 g/mol. The first-order valence-corrected chi connectivity index (χ1v) is 7.75. The normalized spacial score (nSPS) is 22.0. The smallest absolute Gasteiger partial charge is 0.0701 e. The fourth-order valence-electron chi connectivity index (χ4n) is 2.36. The van der Waals surface area contributed by atoms with Crippen molar-refractivity contribution in [3.63, 3.8) is 0 Å². The lowest BCUT2D eigenvalue weighted by Crippen LogP contribution is -2.37. The summed E-state index contributed by atoms with van der Waals surface area (Å²) in [5, 5.41) is 3.45. The van der Waals surface area contributed by atoms with E-state index in [-0.39, 0.29) is 5.41 Å². The number of nitrogens with one attached hydrogen (secondary N) is 1. The van der Waals surface area contributed by atoms with Gasteiger partial charge in [0.05, 0.1) is 39.6 Å². The van der Waals surface area contributed by atoms with Gasteiger partial charge in [0.2, 0.25) is 0 Å². The van der Waals surface area contributed by atoms with Crippen LogP contribution in [0.2, 0.25) is 0 Å². The Balaban J connectivity index is 2.05. The number of ether oxygens (including phenoxy) is 5.